The number of nitrogens with one attached hydrogen (secondary N) is 1. The van der Waals surface area contributed by atoms with E-state index in [9.17, 15) is 9.90 Å². The second-order valence-corrected chi connectivity index (χ2v) is 6.59. The number of amides is 1. The molecule has 22 heavy (non-hydrogen) atoms. The number of carbonyl (C=O) groups is 1. The highest BCUT2D eigenvalue weighted by molar-refractivity contribution is 5.77. The van der Waals surface area contributed by atoms with Crippen molar-refractivity contribution in [3.05, 3.63) is 35.9 Å². The van der Waals surface area contributed by atoms with Crippen LogP contribution in [0.15, 0.2) is 30.3 Å². The first-order valence-electron chi connectivity index (χ1n) is 8.24. The molecular formula is C18H28N2O2. The fourth-order valence-corrected chi connectivity index (χ4v) is 3.17. The molecule has 1 atom stereocenters. The molecule has 0 saturated heterocycles. The van der Waals surface area contributed by atoms with E-state index in [-0.39, 0.29) is 12.3 Å². The molecule has 1 aromatic carbocycles. The van der Waals surface area contributed by atoms with Crippen LogP contribution in [0.3, 0.4) is 0 Å². The van der Waals surface area contributed by atoms with Crippen molar-refractivity contribution in [2.45, 2.75) is 50.7 Å². The highest BCUT2D eigenvalue weighted by Gasteiger charge is 2.26. The fourth-order valence-electron chi connectivity index (χ4n) is 3.17. The predicted molar refractivity (Wildman–Crippen MR) is 88.5 cm³/mol. The van der Waals surface area contributed by atoms with Gasteiger partial charge in [0.2, 0.25) is 5.91 Å². The Balaban J connectivity index is 1.73. The van der Waals surface area contributed by atoms with Gasteiger partial charge in [0.25, 0.3) is 0 Å². The summed E-state index contributed by atoms with van der Waals surface area (Å²) < 4.78 is 0. The summed E-state index contributed by atoms with van der Waals surface area (Å²) in [6, 6.07) is 10.0. The van der Waals surface area contributed by atoms with Crippen LogP contribution >= 0.6 is 0 Å². The number of nitrogens with zero attached hydrogens (tertiary/aromatic N) is 1. The van der Waals surface area contributed by atoms with Crippen LogP contribution in [-0.4, -0.2) is 42.1 Å². The Bertz CT molecular complexity index is 467. The van der Waals surface area contributed by atoms with Gasteiger partial charge in [-0.15, -0.1) is 0 Å². The first-order valence-corrected chi connectivity index (χ1v) is 8.24. The summed E-state index contributed by atoms with van der Waals surface area (Å²) in [6.45, 7) is 3.19. The highest BCUT2D eigenvalue weighted by atomic mass is 16.3. The summed E-state index contributed by atoms with van der Waals surface area (Å²) in [6.07, 6.45) is 5.27. The largest absolute Gasteiger partial charge is 0.385 e. The van der Waals surface area contributed by atoms with E-state index in [4.69, 9.17) is 0 Å². The third-order valence-electron chi connectivity index (χ3n) is 4.64. The molecule has 122 valence electrons. The Morgan fingerprint density at radius 3 is 2.59 bits per heavy atom. The minimum atomic E-state index is -1.12. The van der Waals surface area contributed by atoms with Gasteiger partial charge in [-0.25, -0.2) is 0 Å². The molecule has 1 fully saturated rings. The van der Waals surface area contributed by atoms with Crippen molar-refractivity contribution in [2.75, 3.05) is 20.1 Å². The van der Waals surface area contributed by atoms with Gasteiger partial charge in [-0.1, -0.05) is 43.2 Å². The van der Waals surface area contributed by atoms with E-state index in [1.807, 2.05) is 30.3 Å². The number of aliphatic hydroxyl groups is 1. The van der Waals surface area contributed by atoms with Crippen molar-refractivity contribution >= 4 is 5.91 Å². The maximum atomic E-state index is 12.0. The number of likely N-dealkylation sites (N-methyl/N-ethyl adjacent to an activating group) is 1. The Kier molecular flexibility index (Phi) is 5.98. The molecule has 1 aliphatic rings. The molecule has 0 bridgehead atoms. The molecule has 0 aromatic heterocycles. The van der Waals surface area contributed by atoms with E-state index in [1.165, 1.54) is 25.7 Å². The zero-order valence-corrected chi connectivity index (χ0v) is 13.7. The van der Waals surface area contributed by atoms with Gasteiger partial charge in [0.05, 0.1) is 12.0 Å². The number of benzene rings is 1. The molecule has 1 unspecified atom stereocenters. The van der Waals surface area contributed by atoms with Crippen LogP contribution in [0.5, 0.6) is 0 Å². The van der Waals surface area contributed by atoms with E-state index in [0.717, 1.165) is 12.1 Å². The van der Waals surface area contributed by atoms with Crippen LogP contribution in [0.4, 0.5) is 0 Å². The minimum Gasteiger partial charge on any atom is -0.385 e. The first kappa shape index (κ1) is 17.0. The average molecular weight is 304 g/mol. The van der Waals surface area contributed by atoms with Gasteiger partial charge in [0.15, 0.2) is 0 Å². The molecule has 1 amide bonds. The first-order chi connectivity index (χ1) is 10.5. The van der Waals surface area contributed by atoms with Crippen LogP contribution < -0.4 is 5.32 Å². The van der Waals surface area contributed by atoms with Crippen molar-refractivity contribution in [1.82, 2.24) is 10.2 Å². The smallest absolute Gasteiger partial charge is 0.223 e. The van der Waals surface area contributed by atoms with Crippen molar-refractivity contribution in [3.8, 4) is 0 Å². The summed E-state index contributed by atoms with van der Waals surface area (Å²) in [5.41, 5.74) is -0.351. The second-order valence-electron chi connectivity index (χ2n) is 6.59. The standard InChI is InChI=1S/C18H28N2O2/c1-18(22,15-8-4-3-5-9-15)14-17(21)19-12-13-20(2)16-10-6-7-11-16/h3-5,8-9,16,22H,6-7,10-14H2,1-2H3,(H,19,21). The van der Waals surface area contributed by atoms with E-state index >= 15 is 0 Å². The van der Waals surface area contributed by atoms with Crippen LogP contribution in [0, 0.1) is 0 Å². The van der Waals surface area contributed by atoms with Crippen molar-refractivity contribution in [2.24, 2.45) is 0 Å². The summed E-state index contributed by atoms with van der Waals surface area (Å²) in [4.78, 5) is 14.4. The monoisotopic (exact) mass is 304 g/mol. The van der Waals surface area contributed by atoms with E-state index < -0.39 is 5.60 Å². The topological polar surface area (TPSA) is 52.6 Å². The minimum absolute atomic E-state index is 0.0875. The molecule has 1 saturated carbocycles. The van der Waals surface area contributed by atoms with Crippen molar-refractivity contribution < 1.29 is 9.90 Å². The molecular weight excluding hydrogens is 276 g/mol. The molecule has 1 aliphatic carbocycles. The lowest BCUT2D eigenvalue weighted by atomic mass is 9.92. The van der Waals surface area contributed by atoms with Gasteiger partial charge in [0, 0.05) is 19.1 Å². The second kappa shape index (κ2) is 7.75. The maximum Gasteiger partial charge on any atom is 0.223 e. The highest BCUT2D eigenvalue weighted by Crippen LogP contribution is 2.24. The van der Waals surface area contributed by atoms with Crippen molar-refractivity contribution in [1.29, 1.82) is 0 Å². The predicted octanol–water partition coefficient (Wildman–Crippen LogP) is 2.27. The zero-order valence-electron chi connectivity index (χ0n) is 13.7. The Labute approximate surface area is 133 Å². The molecule has 0 spiro atoms. The van der Waals surface area contributed by atoms with Crippen LogP contribution in [-0.2, 0) is 10.4 Å². The van der Waals surface area contributed by atoms with Crippen molar-refractivity contribution in [3.63, 3.8) is 0 Å². The lowest BCUT2D eigenvalue weighted by Gasteiger charge is -2.25. The Morgan fingerprint density at radius 1 is 1.32 bits per heavy atom. The lowest BCUT2D eigenvalue weighted by molar-refractivity contribution is -0.125. The normalized spacial score (nSPS) is 18.4. The van der Waals surface area contributed by atoms with E-state index in [0.29, 0.717) is 12.6 Å². The number of hydrogen-bond acceptors (Lipinski definition) is 3. The zero-order chi connectivity index (χ0) is 16.0. The van der Waals surface area contributed by atoms with Gasteiger partial charge in [-0.3, -0.25) is 4.79 Å². The molecule has 4 nitrogen and oxygen atoms in total. The summed E-state index contributed by atoms with van der Waals surface area (Å²) >= 11 is 0. The summed E-state index contributed by atoms with van der Waals surface area (Å²) in [5.74, 6) is -0.103. The third-order valence-corrected chi connectivity index (χ3v) is 4.64. The van der Waals surface area contributed by atoms with Gasteiger partial charge in [-0.2, -0.15) is 0 Å². The SMILES string of the molecule is CN(CCNC(=O)CC(C)(O)c1ccccc1)C1CCCC1. The molecule has 4 heteroatoms. The third kappa shape index (κ3) is 4.82. The van der Waals surface area contributed by atoms with Gasteiger partial charge in [-0.05, 0) is 32.4 Å². The van der Waals surface area contributed by atoms with Crippen LogP contribution in [0.2, 0.25) is 0 Å². The van der Waals surface area contributed by atoms with Crippen LogP contribution in [0.25, 0.3) is 0 Å². The summed E-state index contributed by atoms with van der Waals surface area (Å²) in [7, 11) is 2.13. The molecule has 0 aliphatic heterocycles. The molecule has 2 rings (SSSR count). The molecule has 0 heterocycles. The molecule has 1 aromatic rings. The number of carbonyl (C=O) groups excluding carboxylic acids is 1. The maximum absolute atomic E-state index is 12.0. The van der Waals surface area contributed by atoms with Crippen LogP contribution in [0.1, 0.15) is 44.6 Å². The van der Waals surface area contributed by atoms with Gasteiger partial charge >= 0.3 is 0 Å². The summed E-state index contributed by atoms with van der Waals surface area (Å²) in [5, 5.41) is 13.4. The number of rotatable bonds is 7. The van der Waals surface area contributed by atoms with Gasteiger partial charge < -0.3 is 15.3 Å². The van der Waals surface area contributed by atoms with E-state index in [1.54, 1.807) is 6.92 Å². The Hall–Kier alpha value is -1.39. The molecule has 0 radical (unpaired) electrons. The quantitative estimate of drug-likeness (QED) is 0.812. The lowest BCUT2D eigenvalue weighted by Crippen LogP contribution is -2.39. The average Bonchev–Trinajstić information content (AvgIpc) is 3.02. The molecule has 2 N–H and O–H groups in total. The van der Waals surface area contributed by atoms with E-state index in [2.05, 4.69) is 17.3 Å². The number of hydrogen-bond donors (Lipinski definition) is 2. The van der Waals surface area contributed by atoms with Gasteiger partial charge in [0.1, 0.15) is 0 Å². The fraction of sp³-hybridized carbons (Fsp3) is 0.611. The Morgan fingerprint density at radius 2 is 1.95 bits per heavy atom.